The van der Waals surface area contributed by atoms with Gasteiger partial charge in [0, 0.05) is 11.6 Å². The lowest BCUT2D eigenvalue weighted by Crippen LogP contribution is -2.23. The monoisotopic (exact) mass is 258 g/mol. The van der Waals surface area contributed by atoms with Gasteiger partial charge < -0.3 is 5.11 Å². The van der Waals surface area contributed by atoms with Crippen LogP contribution >= 0.6 is 0 Å². The van der Waals surface area contributed by atoms with Gasteiger partial charge in [-0.25, -0.2) is 4.68 Å². The van der Waals surface area contributed by atoms with Crippen molar-refractivity contribution in [1.82, 2.24) is 9.78 Å². The van der Waals surface area contributed by atoms with E-state index in [0.29, 0.717) is 5.69 Å². The van der Waals surface area contributed by atoms with E-state index in [1.54, 1.807) is 6.07 Å². The number of rotatable bonds is 4. The molecule has 1 heterocycles. The van der Waals surface area contributed by atoms with E-state index >= 15 is 0 Å². The third-order valence-electron chi connectivity index (χ3n) is 2.75. The number of aryl methyl sites for hydroxylation is 2. The molecule has 2 aromatic rings. The number of aromatic nitrogens is 2. The van der Waals surface area contributed by atoms with Crippen LogP contribution in [0.1, 0.15) is 12.0 Å². The molecule has 19 heavy (non-hydrogen) atoms. The average molecular weight is 258 g/mol. The van der Waals surface area contributed by atoms with Gasteiger partial charge in [-0.15, -0.1) is 0 Å². The number of hydrogen-bond donors (Lipinski definition) is 1. The van der Waals surface area contributed by atoms with Crippen LogP contribution in [0, 0.1) is 6.92 Å². The van der Waals surface area contributed by atoms with Crippen LogP contribution in [0.4, 0.5) is 0 Å². The Morgan fingerprint density at radius 3 is 2.53 bits per heavy atom. The van der Waals surface area contributed by atoms with Gasteiger partial charge in [0.2, 0.25) is 0 Å². The Hall–Kier alpha value is -2.43. The van der Waals surface area contributed by atoms with Gasteiger partial charge in [0.15, 0.2) is 0 Å². The van der Waals surface area contributed by atoms with E-state index in [-0.39, 0.29) is 18.5 Å². The minimum Gasteiger partial charge on any atom is -0.481 e. The second-order valence-corrected chi connectivity index (χ2v) is 4.29. The highest BCUT2D eigenvalue weighted by atomic mass is 16.4. The van der Waals surface area contributed by atoms with E-state index in [1.807, 2.05) is 31.2 Å². The average Bonchev–Trinajstić information content (AvgIpc) is 2.39. The lowest BCUT2D eigenvalue weighted by atomic mass is 10.1. The molecular formula is C14H14N2O3. The topological polar surface area (TPSA) is 72.2 Å². The van der Waals surface area contributed by atoms with Gasteiger partial charge in [0.1, 0.15) is 0 Å². The molecule has 98 valence electrons. The van der Waals surface area contributed by atoms with Gasteiger partial charge in [-0.05, 0) is 13.0 Å². The number of carbonyl (C=O) groups is 1. The van der Waals surface area contributed by atoms with E-state index in [2.05, 4.69) is 5.10 Å². The minimum absolute atomic E-state index is 0.0773. The van der Waals surface area contributed by atoms with Crippen LogP contribution in [-0.2, 0) is 11.3 Å². The van der Waals surface area contributed by atoms with Gasteiger partial charge in [-0.2, -0.15) is 5.10 Å². The Morgan fingerprint density at radius 2 is 1.89 bits per heavy atom. The van der Waals surface area contributed by atoms with Crippen LogP contribution < -0.4 is 5.56 Å². The summed E-state index contributed by atoms with van der Waals surface area (Å²) in [5.41, 5.74) is 2.40. The molecule has 0 radical (unpaired) electrons. The van der Waals surface area contributed by atoms with Crippen molar-refractivity contribution >= 4 is 5.97 Å². The second-order valence-electron chi connectivity index (χ2n) is 4.29. The highest BCUT2D eigenvalue weighted by molar-refractivity contribution is 5.66. The molecule has 0 amide bonds. The zero-order chi connectivity index (χ0) is 13.8. The molecule has 0 aliphatic heterocycles. The Bertz CT molecular complexity index is 644. The molecule has 0 saturated carbocycles. The van der Waals surface area contributed by atoms with Crippen molar-refractivity contribution < 1.29 is 9.90 Å². The molecule has 0 fully saturated rings. The number of hydrogen-bond acceptors (Lipinski definition) is 3. The summed E-state index contributed by atoms with van der Waals surface area (Å²) >= 11 is 0. The van der Waals surface area contributed by atoms with Crippen molar-refractivity contribution in [3.63, 3.8) is 0 Å². The summed E-state index contributed by atoms with van der Waals surface area (Å²) in [4.78, 5) is 22.1. The maximum atomic E-state index is 11.6. The maximum Gasteiger partial charge on any atom is 0.305 e. The molecule has 5 nitrogen and oxygen atoms in total. The van der Waals surface area contributed by atoms with Crippen molar-refractivity contribution in [3.05, 3.63) is 52.3 Å². The summed E-state index contributed by atoms with van der Waals surface area (Å²) in [5, 5.41) is 12.8. The van der Waals surface area contributed by atoms with Gasteiger partial charge in [-0.1, -0.05) is 29.8 Å². The number of aliphatic carboxylic acids is 1. The molecule has 0 bridgehead atoms. The van der Waals surface area contributed by atoms with Gasteiger partial charge in [0.25, 0.3) is 5.56 Å². The molecule has 0 atom stereocenters. The van der Waals surface area contributed by atoms with Crippen LogP contribution in [0.15, 0.2) is 41.2 Å². The number of carboxylic acids is 1. The molecule has 0 aliphatic rings. The molecular weight excluding hydrogens is 244 g/mol. The molecule has 1 aromatic heterocycles. The SMILES string of the molecule is Cc1ccc(-c2ccc(=O)n(CCC(=O)O)n2)cc1. The summed E-state index contributed by atoms with van der Waals surface area (Å²) in [6.07, 6.45) is -0.121. The minimum atomic E-state index is -0.950. The van der Waals surface area contributed by atoms with Crippen molar-refractivity contribution in [2.75, 3.05) is 0 Å². The fraction of sp³-hybridized carbons (Fsp3) is 0.214. The van der Waals surface area contributed by atoms with Crippen LogP contribution in [0.3, 0.4) is 0 Å². The number of carboxylic acid groups (broad SMARTS) is 1. The smallest absolute Gasteiger partial charge is 0.305 e. The molecule has 0 saturated heterocycles. The van der Waals surface area contributed by atoms with E-state index in [9.17, 15) is 9.59 Å². The zero-order valence-corrected chi connectivity index (χ0v) is 10.5. The fourth-order valence-corrected chi connectivity index (χ4v) is 1.69. The highest BCUT2D eigenvalue weighted by Crippen LogP contribution is 2.15. The maximum absolute atomic E-state index is 11.6. The summed E-state index contributed by atoms with van der Waals surface area (Å²) in [5.74, 6) is -0.950. The lowest BCUT2D eigenvalue weighted by molar-refractivity contribution is -0.137. The molecule has 0 unspecified atom stereocenters. The molecule has 1 N–H and O–H groups in total. The quantitative estimate of drug-likeness (QED) is 0.905. The normalized spacial score (nSPS) is 10.4. The summed E-state index contributed by atoms with van der Waals surface area (Å²) in [6.45, 7) is 2.07. The predicted octanol–water partition coefficient (Wildman–Crippen LogP) is 1.69. The van der Waals surface area contributed by atoms with E-state index in [1.165, 1.54) is 10.7 Å². The predicted molar refractivity (Wildman–Crippen MR) is 70.9 cm³/mol. The summed E-state index contributed by atoms with van der Waals surface area (Å²) in [7, 11) is 0. The van der Waals surface area contributed by atoms with E-state index < -0.39 is 5.97 Å². The first kappa shape index (κ1) is 13.0. The Labute approximate surface area is 110 Å². The Balaban J connectivity index is 2.32. The molecule has 0 spiro atoms. The molecule has 0 aliphatic carbocycles. The van der Waals surface area contributed by atoms with Crippen molar-refractivity contribution in [2.45, 2.75) is 19.9 Å². The van der Waals surface area contributed by atoms with Crippen LogP contribution in [0.2, 0.25) is 0 Å². The molecule has 2 rings (SSSR count). The molecule has 5 heteroatoms. The summed E-state index contributed by atoms with van der Waals surface area (Å²) < 4.78 is 1.18. The largest absolute Gasteiger partial charge is 0.481 e. The standard InChI is InChI=1S/C14H14N2O3/c1-10-2-4-11(5-3-10)12-6-7-13(17)16(15-12)9-8-14(18)19/h2-7H,8-9H2,1H3,(H,18,19). The van der Waals surface area contributed by atoms with Crippen molar-refractivity contribution in [1.29, 1.82) is 0 Å². The highest BCUT2D eigenvalue weighted by Gasteiger charge is 2.05. The van der Waals surface area contributed by atoms with Gasteiger partial charge in [0.05, 0.1) is 18.7 Å². The summed E-state index contributed by atoms with van der Waals surface area (Å²) in [6, 6.07) is 10.8. The van der Waals surface area contributed by atoms with Crippen LogP contribution in [0.5, 0.6) is 0 Å². The molecule has 1 aromatic carbocycles. The Morgan fingerprint density at radius 1 is 1.21 bits per heavy atom. The second kappa shape index (κ2) is 5.48. The number of nitrogens with zero attached hydrogens (tertiary/aromatic N) is 2. The van der Waals surface area contributed by atoms with Crippen LogP contribution in [0.25, 0.3) is 11.3 Å². The fourth-order valence-electron chi connectivity index (χ4n) is 1.69. The van der Waals surface area contributed by atoms with Crippen molar-refractivity contribution in [2.24, 2.45) is 0 Å². The first-order valence-electron chi connectivity index (χ1n) is 5.93. The van der Waals surface area contributed by atoms with Gasteiger partial charge in [-0.3, -0.25) is 9.59 Å². The van der Waals surface area contributed by atoms with E-state index in [0.717, 1.165) is 11.1 Å². The van der Waals surface area contributed by atoms with Crippen molar-refractivity contribution in [3.8, 4) is 11.3 Å². The lowest BCUT2D eigenvalue weighted by Gasteiger charge is -2.06. The third kappa shape index (κ3) is 3.28. The first-order valence-corrected chi connectivity index (χ1v) is 5.93. The van der Waals surface area contributed by atoms with Crippen LogP contribution in [-0.4, -0.2) is 20.9 Å². The Kier molecular flexibility index (Phi) is 3.75. The van der Waals surface area contributed by atoms with E-state index in [4.69, 9.17) is 5.11 Å². The van der Waals surface area contributed by atoms with Gasteiger partial charge >= 0.3 is 5.97 Å². The number of benzene rings is 1. The zero-order valence-electron chi connectivity index (χ0n) is 10.5. The first-order chi connectivity index (χ1) is 9.06. The third-order valence-corrected chi connectivity index (χ3v) is 2.75.